The fourth-order valence-electron chi connectivity index (χ4n) is 1.56. The van der Waals surface area contributed by atoms with Crippen molar-refractivity contribution in [3.05, 3.63) is 34.9 Å². The van der Waals surface area contributed by atoms with Crippen LogP contribution in [0.4, 0.5) is 0 Å². The normalized spacial score (nSPS) is 12.0. The summed E-state index contributed by atoms with van der Waals surface area (Å²) in [7, 11) is 1.99. The maximum absolute atomic E-state index is 6.18. The van der Waals surface area contributed by atoms with Gasteiger partial charge in [0.1, 0.15) is 0 Å². The van der Waals surface area contributed by atoms with Crippen molar-refractivity contribution in [2.75, 3.05) is 13.6 Å². The topological polar surface area (TPSA) is 15.3 Å². The van der Waals surface area contributed by atoms with E-state index in [0.717, 1.165) is 28.7 Å². The fourth-order valence-corrected chi connectivity index (χ4v) is 2.11. The largest absolute Gasteiger partial charge is 0.363 e. The monoisotopic (exact) mass is 270 g/mol. The third-order valence-corrected chi connectivity index (χ3v) is 3.56. The summed E-state index contributed by atoms with van der Waals surface area (Å²) in [4.78, 5) is 2.03. The van der Waals surface area contributed by atoms with E-state index >= 15 is 0 Å². The van der Waals surface area contributed by atoms with Crippen molar-refractivity contribution in [1.29, 1.82) is 0 Å². The van der Waals surface area contributed by atoms with Crippen LogP contribution in [0.5, 0.6) is 0 Å². The number of nitrogens with zero attached hydrogens (tertiary/aromatic N) is 1. The fraction of sp³-hybridized carbons (Fsp3) is 0.462. The molecule has 0 bridgehead atoms. The number of rotatable bonds is 4. The van der Waals surface area contributed by atoms with E-state index in [0.29, 0.717) is 0 Å². The molecule has 0 saturated heterocycles. The Morgan fingerprint density at radius 2 is 2.12 bits per heavy atom. The zero-order valence-electron chi connectivity index (χ0n) is 10.5. The molecule has 0 aliphatic carbocycles. The highest BCUT2D eigenvalue weighted by atomic mass is 35.5. The van der Waals surface area contributed by atoms with Crippen LogP contribution in [0.15, 0.2) is 24.3 Å². The average Bonchev–Trinajstić information content (AvgIpc) is 2.34. The molecule has 0 fully saturated rings. The van der Waals surface area contributed by atoms with Crippen molar-refractivity contribution in [2.24, 2.45) is 0 Å². The maximum atomic E-state index is 6.18. The van der Waals surface area contributed by atoms with E-state index in [4.69, 9.17) is 23.8 Å². The summed E-state index contributed by atoms with van der Waals surface area (Å²) < 4.78 is 0. The number of hydrogen-bond donors (Lipinski definition) is 1. The lowest BCUT2D eigenvalue weighted by atomic mass is 10.1. The van der Waals surface area contributed by atoms with Crippen molar-refractivity contribution in [1.82, 2.24) is 10.2 Å². The van der Waals surface area contributed by atoms with Gasteiger partial charge in [-0.15, -0.1) is 0 Å². The molecule has 1 atom stereocenters. The molecular formula is C13H19ClN2S. The van der Waals surface area contributed by atoms with E-state index in [2.05, 4.69) is 19.2 Å². The van der Waals surface area contributed by atoms with Crippen molar-refractivity contribution < 1.29 is 0 Å². The second-order valence-corrected chi connectivity index (χ2v) is 4.83. The van der Waals surface area contributed by atoms with E-state index in [1.165, 1.54) is 0 Å². The molecular weight excluding hydrogens is 252 g/mol. The summed E-state index contributed by atoms with van der Waals surface area (Å²) in [6.45, 7) is 5.12. The van der Waals surface area contributed by atoms with E-state index < -0.39 is 0 Å². The third-order valence-electron chi connectivity index (χ3n) is 2.78. The molecule has 0 aliphatic rings. The Hall–Kier alpha value is -0.800. The lowest BCUT2D eigenvalue weighted by molar-refractivity contribution is 0.396. The molecule has 0 saturated carbocycles. The average molecular weight is 271 g/mol. The van der Waals surface area contributed by atoms with Gasteiger partial charge in [-0.25, -0.2) is 0 Å². The number of benzene rings is 1. The minimum atomic E-state index is 0.167. The molecule has 0 amide bonds. The minimum absolute atomic E-state index is 0.167. The first-order valence-electron chi connectivity index (χ1n) is 5.83. The van der Waals surface area contributed by atoms with Gasteiger partial charge >= 0.3 is 0 Å². The van der Waals surface area contributed by atoms with E-state index in [-0.39, 0.29) is 6.04 Å². The van der Waals surface area contributed by atoms with Gasteiger partial charge in [0.15, 0.2) is 5.11 Å². The van der Waals surface area contributed by atoms with Crippen LogP contribution in [0, 0.1) is 0 Å². The molecule has 0 aromatic heterocycles. The molecule has 0 radical (unpaired) electrons. The van der Waals surface area contributed by atoms with E-state index in [9.17, 15) is 0 Å². The number of thiocarbonyl (C=S) groups is 1. The van der Waals surface area contributed by atoms with E-state index in [1.54, 1.807) is 0 Å². The summed E-state index contributed by atoms with van der Waals surface area (Å²) in [5.41, 5.74) is 1.09. The van der Waals surface area contributed by atoms with Gasteiger partial charge in [-0.3, -0.25) is 0 Å². The molecule has 1 N–H and O–H groups in total. The van der Waals surface area contributed by atoms with Crippen LogP contribution in [-0.4, -0.2) is 23.6 Å². The number of hydrogen-bond acceptors (Lipinski definition) is 1. The highest BCUT2D eigenvalue weighted by Crippen LogP contribution is 2.26. The van der Waals surface area contributed by atoms with Crippen molar-refractivity contribution in [3.63, 3.8) is 0 Å². The molecule has 0 aliphatic heterocycles. The standard InChI is InChI=1S/C13H19ClN2S/c1-4-9-15-13(17)16(3)10(2)11-7-5-6-8-12(11)14/h5-8,10H,4,9H2,1-3H3,(H,15,17). The third kappa shape index (κ3) is 3.86. The maximum Gasteiger partial charge on any atom is 0.169 e. The molecule has 94 valence electrons. The van der Waals surface area contributed by atoms with Crippen LogP contribution < -0.4 is 5.32 Å². The van der Waals surface area contributed by atoms with Crippen LogP contribution in [-0.2, 0) is 0 Å². The molecule has 4 heteroatoms. The minimum Gasteiger partial charge on any atom is -0.363 e. The Balaban J connectivity index is 2.72. The lowest BCUT2D eigenvalue weighted by Gasteiger charge is -2.28. The van der Waals surface area contributed by atoms with Crippen LogP contribution in [0.3, 0.4) is 0 Å². The van der Waals surface area contributed by atoms with Crippen LogP contribution in [0.1, 0.15) is 31.9 Å². The second-order valence-electron chi connectivity index (χ2n) is 4.04. The molecule has 2 nitrogen and oxygen atoms in total. The first-order valence-corrected chi connectivity index (χ1v) is 6.61. The molecule has 0 spiro atoms. The van der Waals surface area contributed by atoms with Gasteiger partial charge in [-0.1, -0.05) is 36.7 Å². The second kappa shape index (κ2) is 6.82. The zero-order valence-corrected chi connectivity index (χ0v) is 12.1. The van der Waals surface area contributed by atoms with Crippen molar-refractivity contribution >= 4 is 28.9 Å². The number of halogens is 1. The molecule has 1 unspecified atom stereocenters. The highest BCUT2D eigenvalue weighted by Gasteiger charge is 2.16. The smallest absolute Gasteiger partial charge is 0.169 e. The molecule has 0 heterocycles. The highest BCUT2D eigenvalue weighted by molar-refractivity contribution is 7.80. The summed E-state index contributed by atoms with van der Waals surface area (Å²) in [6, 6.07) is 8.04. The Labute approximate surface area is 114 Å². The van der Waals surface area contributed by atoms with Gasteiger partial charge in [0.2, 0.25) is 0 Å². The summed E-state index contributed by atoms with van der Waals surface area (Å²) >= 11 is 11.5. The summed E-state index contributed by atoms with van der Waals surface area (Å²) in [5, 5.41) is 4.76. The molecule has 1 aromatic rings. The quantitative estimate of drug-likeness (QED) is 0.842. The van der Waals surface area contributed by atoms with Gasteiger partial charge in [-0.05, 0) is 37.2 Å². The predicted octanol–water partition coefficient (Wildman–Crippen LogP) is 3.62. The van der Waals surface area contributed by atoms with Gasteiger partial charge in [-0.2, -0.15) is 0 Å². The lowest BCUT2D eigenvalue weighted by Crippen LogP contribution is -2.38. The van der Waals surface area contributed by atoms with Crippen LogP contribution in [0.25, 0.3) is 0 Å². The van der Waals surface area contributed by atoms with Crippen molar-refractivity contribution in [3.8, 4) is 0 Å². The summed E-state index contributed by atoms with van der Waals surface area (Å²) in [6.07, 6.45) is 1.06. The Morgan fingerprint density at radius 1 is 1.47 bits per heavy atom. The first-order chi connectivity index (χ1) is 8.07. The van der Waals surface area contributed by atoms with Gasteiger partial charge < -0.3 is 10.2 Å². The van der Waals surface area contributed by atoms with Crippen molar-refractivity contribution in [2.45, 2.75) is 26.3 Å². The zero-order chi connectivity index (χ0) is 12.8. The predicted molar refractivity (Wildman–Crippen MR) is 78.5 cm³/mol. The first kappa shape index (κ1) is 14.3. The Kier molecular flexibility index (Phi) is 5.72. The van der Waals surface area contributed by atoms with Crippen LogP contribution >= 0.6 is 23.8 Å². The molecule has 17 heavy (non-hydrogen) atoms. The summed E-state index contributed by atoms with van der Waals surface area (Å²) in [5.74, 6) is 0. The molecule has 1 rings (SSSR count). The SMILES string of the molecule is CCCNC(=S)N(C)C(C)c1ccccc1Cl. The number of nitrogens with one attached hydrogen (secondary N) is 1. The van der Waals surface area contributed by atoms with Gasteiger partial charge in [0.25, 0.3) is 0 Å². The van der Waals surface area contributed by atoms with Gasteiger partial charge in [0, 0.05) is 18.6 Å². The van der Waals surface area contributed by atoms with Gasteiger partial charge in [0.05, 0.1) is 6.04 Å². The van der Waals surface area contributed by atoms with Crippen LogP contribution in [0.2, 0.25) is 5.02 Å². The Bertz CT molecular complexity index is 381. The Morgan fingerprint density at radius 3 is 2.71 bits per heavy atom. The molecule has 1 aromatic carbocycles. The van der Waals surface area contributed by atoms with E-state index in [1.807, 2.05) is 36.2 Å².